The van der Waals surface area contributed by atoms with Crippen LogP contribution >= 0.6 is 0 Å². The van der Waals surface area contributed by atoms with Crippen molar-refractivity contribution in [2.75, 3.05) is 9.80 Å². The lowest BCUT2D eigenvalue weighted by atomic mass is 9.33. The third-order valence-electron chi connectivity index (χ3n) is 12.4. The standard InChI is InChI=1S/C52H27BN4O2/c1-55-33-17-21-35(22-18-33)56-42-11-6-12-43-52(42)53(41-27-48-39(26-44(41)56)51-37-10-5-3-8-32(37)16-24-47(51)58-48)40-25-38-49(28-45(40)57(43)34-19-13-30(29-54)14-20-34)59-46-23-15-31-7-2-4-9-36(31)50(38)46/h2-28H. The molecule has 2 aliphatic rings. The van der Waals surface area contributed by atoms with Gasteiger partial charge in [0.05, 0.1) is 18.2 Å². The molecule has 9 aromatic carbocycles. The van der Waals surface area contributed by atoms with Crippen molar-refractivity contribution >= 4 is 128 Å². The van der Waals surface area contributed by atoms with Crippen molar-refractivity contribution in [2.24, 2.45) is 0 Å². The molecule has 0 fully saturated rings. The van der Waals surface area contributed by atoms with Gasteiger partial charge in [0.1, 0.15) is 22.3 Å². The van der Waals surface area contributed by atoms with Gasteiger partial charge in [-0.1, -0.05) is 84.9 Å². The second-order valence-electron chi connectivity index (χ2n) is 15.4. The monoisotopic (exact) mass is 750 g/mol. The lowest BCUT2D eigenvalue weighted by Crippen LogP contribution is -2.61. The minimum atomic E-state index is -0.182. The topological polar surface area (TPSA) is 60.9 Å². The lowest BCUT2D eigenvalue weighted by Gasteiger charge is -2.44. The predicted molar refractivity (Wildman–Crippen MR) is 241 cm³/mol. The molecule has 270 valence electrons. The van der Waals surface area contributed by atoms with E-state index in [2.05, 4.69) is 136 Å². The fourth-order valence-corrected chi connectivity index (χ4v) is 9.93. The van der Waals surface area contributed by atoms with E-state index in [-0.39, 0.29) is 6.71 Å². The van der Waals surface area contributed by atoms with E-state index < -0.39 is 0 Å². The number of anilines is 6. The SMILES string of the molecule is [C-]#[N+]c1ccc(N2c3cc4c(cc3B3c5cc6c(cc5N(c5ccc(C#N)cc5)c5cccc2c53)oc2ccc3ccccc3c26)oc2ccc3ccccc3c24)cc1. The fourth-order valence-electron chi connectivity index (χ4n) is 9.93. The van der Waals surface area contributed by atoms with E-state index in [9.17, 15) is 5.26 Å². The third-order valence-corrected chi connectivity index (χ3v) is 12.4. The first kappa shape index (κ1) is 31.9. The second-order valence-corrected chi connectivity index (χ2v) is 15.4. The maximum atomic E-state index is 9.76. The van der Waals surface area contributed by atoms with Gasteiger partial charge in [-0.15, -0.1) is 0 Å². The summed E-state index contributed by atoms with van der Waals surface area (Å²) in [5.41, 5.74) is 14.0. The van der Waals surface area contributed by atoms with Crippen molar-refractivity contribution < 1.29 is 8.83 Å². The van der Waals surface area contributed by atoms with Crippen LogP contribution in [0.15, 0.2) is 173 Å². The number of benzene rings is 9. The molecule has 0 unspecified atom stereocenters. The Kier molecular flexibility index (Phi) is 6.30. The van der Waals surface area contributed by atoms with Crippen LogP contribution in [0.5, 0.6) is 0 Å². The number of rotatable bonds is 2. The van der Waals surface area contributed by atoms with Gasteiger partial charge in [0.2, 0.25) is 0 Å². The highest BCUT2D eigenvalue weighted by molar-refractivity contribution is 7.00. The van der Waals surface area contributed by atoms with Crippen LogP contribution in [0.3, 0.4) is 0 Å². The zero-order valence-electron chi connectivity index (χ0n) is 31.3. The van der Waals surface area contributed by atoms with Crippen LogP contribution in [-0.2, 0) is 0 Å². The van der Waals surface area contributed by atoms with Crippen LogP contribution in [0.4, 0.5) is 39.8 Å². The van der Waals surface area contributed by atoms with Gasteiger partial charge >= 0.3 is 0 Å². The zero-order chi connectivity index (χ0) is 38.9. The molecule has 6 nitrogen and oxygen atoms in total. The number of furan rings is 2. The summed E-state index contributed by atoms with van der Waals surface area (Å²) in [4.78, 5) is 8.38. The summed E-state index contributed by atoms with van der Waals surface area (Å²) in [6.07, 6.45) is 0. The fraction of sp³-hybridized carbons (Fsp3) is 0. The molecule has 7 heteroatoms. The number of nitrogens with zero attached hydrogens (tertiary/aromatic N) is 4. The van der Waals surface area contributed by atoms with Crippen molar-refractivity contribution in [3.8, 4) is 6.07 Å². The molecule has 0 atom stereocenters. The largest absolute Gasteiger partial charge is 0.456 e. The van der Waals surface area contributed by atoms with Gasteiger partial charge in [-0.3, -0.25) is 0 Å². The predicted octanol–water partition coefficient (Wildman–Crippen LogP) is 12.3. The Balaban J connectivity index is 1.17. The summed E-state index contributed by atoms with van der Waals surface area (Å²) in [6.45, 7) is 7.52. The Morgan fingerprint density at radius 2 is 1.03 bits per heavy atom. The van der Waals surface area contributed by atoms with E-state index in [1.54, 1.807) is 0 Å². The summed E-state index contributed by atoms with van der Waals surface area (Å²) in [7, 11) is 0. The highest BCUT2D eigenvalue weighted by Gasteiger charge is 2.44. The summed E-state index contributed by atoms with van der Waals surface area (Å²) in [6, 6.07) is 59.1. The number of fused-ring (bicyclic) bond motifs is 14. The maximum absolute atomic E-state index is 9.76. The van der Waals surface area contributed by atoms with E-state index in [1.807, 2.05) is 48.5 Å². The van der Waals surface area contributed by atoms with Gasteiger partial charge in [0, 0.05) is 61.7 Å². The van der Waals surface area contributed by atoms with Crippen LogP contribution in [0, 0.1) is 17.9 Å². The van der Waals surface area contributed by atoms with Crippen molar-refractivity contribution in [2.45, 2.75) is 0 Å². The van der Waals surface area contributed by atoms with Crippen molar-refractivity contribution in [1.29, 1.82) is 5.26 Å². The molecular formula is C52H27BN4O2. The average molecular weight is 751 g/mol. The van der Waals surface area contributed by atoms with Crippen LogP contribution < -0.4 is 26.2 Å². The van der Waals surface area contributed by atoms with Gasteiger partial charge in [0.15, 0.2) is 5.69 Å². The van der Waals surface area contributed by atoms with Crippen molar-refractivity contribution in [3.63, 3.8) is 0 Å². The molecule has 0 saturated carbocycles. The molecule has 11 aromatic rings. The normalized spacial score (nSPS) is 12.9. The van der Waals surface area contributed by atoms with Crippen LogP contribution in [0.25, 0.3) is 70.3 Å². The molecule has 4 heterocycles. The van der Waals surface area contributed by atoms with E-state index in [4.69, 9.17) is 15.4 Å². The summed E-state index contributed by atoms with van der Waals surface area (Å²) in [5.74, 6) is 0. The summed E-state index contributed by atoms with van der Waals surface area (Å²) >= 11 is 0. The Bertz CT molecular complexity index is 3720. The third kappa shape index (κ3) is 4.33. The Morgan fingerprint density at radius 3 is 1.64 bits per heavy atom. The van der Waals surface area contributed by atoms with Crippen LogP contribution in [-0.4, -0.2) is 6.71 Å². The van der Waals surface area contributed by atoms with Gasteiger partial charge in [-0.25, -0.2) is 4.85 Å². The molecular weight excluding hydrogens is 723 g/mol. The van der Waals surface area contributed by atoms with Crippen LogP contribution in [0.1, 0.15) is 5.56 Å². The van der Waals surface area contributed by atoms with E-state index in [0.29, 0.717) is 11.3 Å². The molecule has 0 bridgehead atoms. The average Bonchev–Trinajstić information content (AvgIpc) is 3.85. The van der Waals surface area contributed by atoms with Crippen molar-refractivity contribution in [3.05, 3.63) is 181 Å². The quantitative estimate of drug-likeness (QED) is 0.130. The smallest absolute Gasteiger partial charge is 0.252 e. The molecule has 13 rings (SSSR count). The van der Waals surface area contributed by atoms with Crippen LogP contribution in [0.2, 0.25) is 0 Å². The summed E-state index contributed by atoms with van der Waals surface area (Å²) < 4.78 is 13.5. The molecule has 0 N–H and O–H groups in total. The molecule has 0 spiro atoms. The molecule has 2 aromatic heterocycles. The molecule has 0 saturated heterocycles. The number of hydrogen-bond acceptors (Lipinski definition) is 5. The minimum Gasteiger partial charge on any atom is -0.456 e. The van der Waals surface area contributed by atoms with Gasteiger partial charge < -0.3 is 18.6 Å². The van der Waals surface area contributed by atoms with E-state index in [0.717, 1.165) is 116 Å². The first-order valence-corrected chi connectivity index (χ1v) is 19.6. The highest BCUT2D eigenvalue weighted by Crippen LogP contribution is 2.47. The Labute approximate surface area is 337 Å². The van der Waals surface area contributed by atoms with Gasteiger partial charge in [-0.05, 0) is 111 Å². The highest BCUT2D eigenvalue weighted by atomic mass is 16.3. The van der Waals surface area contributed by atoms with Crippen molar-refractivity contribution in [1.82, 2.24) is 0 Å². The molecule has 0 amide bonds. The Morgan fingerprint density at radius 1 is 0.492 bits per heavy atom. The summed E-state index contributed by atoms with van der Waals surface area (Å²) in [5, 5.41) is 18.7. The minimum absolute atomic E-state index is 0.182. The molecule has 0 aliphatic carbocycles. The zero-order valence-corrected chi connectivity index (χ0v) is 31.3. The number of nitriles is 1. The lowest BCUT2D eigenvalue weighted by molar-refractivity contribution is 0.669. The van der Waals surface area contributed by atoms with Gasteiger partial charge in [-0.2, -0.15) is 5.26 Å². The second kappa shape index (κ2) is 11.6. The maximum Gasteiger partial charge on any atom is 0.252 e. The molecule has 2 aliphatic heterocycles. The number of hydrogen-bond donors (Lipinski definition) is 0. The Hall–Kier alpha value is -8.26. The van der Waals surface area contributed by atoms with Gasteiger partial charge in [0.25, 0.3) is 6.71 Å². The first-order chi connectivity index (χ1) is 29.1. The first-order valence-electron chi connectivity index (χ1n) is 19.6. The van der Waals surface area contributed by atoms with E-state index in [1.165, 1.54) is 0 Å². The van der Waals surface area contributed by atoms with E-state index >= 15 is 0 Å². The molecule has 59 heavy (non-hydrogen) atoms. The molecule has 0 radical (unpaired) electrons.